The first-order valence-electron chi connectivity index (χ1n) is 6.37. The number of nitro benzene ring substituents is 1. The number of rotatable bonds is 4. The second-order valence-corrected chi connectivity index (χ2v) is 4.79. The SMILES string of the molecule is COC(=O)C1CCCN1Cc1cc([N+](=O)[O-])ccc1N. The van der Waals surface area contributed by atoms with E-state index in [1.54, 1.807) is 0 Å². The highest BCUT2D eigenvalue weighted by molar-refractivity contribution is 5.76. The van der Waals surface area contributed by atoms with Crippen LogP contribution in [0.5, 0.6) is 0 Å². The molecular weight excluding hydrogens is 262 g/mol. The Bertz CT molecular complexity index is 532. The lowest BCUT2D eigenvalue weighted by Gasteiger charge is -2.22. The van der Waals surface area contributed by atoms with E-state index in [2.05, 4.69) is 0 Å². The quantitative estimate of drug-likeness (QED) is 0.386. The maximum Gasteiger partial charge on any atom is 0.323 e. The number of nitrogens with two attached hydrogens (primary N) is 1. The van der Waals surface area contributed by atoms with Gasteiger partial charge in [0.1, 0.15) is 6.04 Å². The summed E-state index contributed by atoms with van der Waals surface area (Å²) >= 11 is 0. The Balaban J connectivity index is 2.18. The number of nitro groups is 1. The second-order valence-electron chi connectivity index (χ2n) is 4.79. The molecule has 2 N–H and O–H groups in total. The van der Waals surface area contributed by atoms with Gasteiger partial charge in [-0.15, -0.1) is 0 Å². The molecular formula is C13H17N3O4. The van der Waals surface area contributed by atoms with Gasteiger partial charge in [-0.2, -0.15) is 0 Å². The van der Waals surface area contributed by atoms with Crippen LogP contribution in [0.2, 0.25) is 0 Å². The lowest BCUT2D eigenvalue weighted by Crippen LogP contribution is -2.36. The highest BCUT2D eigenvalue weighted by atomic mass is 16.6. The molecule has 1 aliphatic rings. The Morgan fingerprint density at radius 2 is 2.35 bits per heavy atom. The number of nitrogens with zero attached hydrogens (tertiary/aromatic N) is 2. The molecule has 0 radical (unpaired) electrons. The predicted octanol–water partition coefficient (Wildman–Crippen LogP) is 1.31. The first-order chi connectivity index (χ1) is 9.52. The minimum absolute atomic E-state index is 0.00279. The maximum atomic E-state index is 11.7. The van der Waals surface area contributed by atoms with E-state index in [1.807, 2.05) is 4.90 Å². The largest absolute Gasteiger partial charge is 0.468 e. The number of likely N-dealkylation sites (tertiary alicyclic amines) is 1. The number of carbonyl (C=O) groups is 1. The van der Waals surface area contributed by atoms with E-state index in [9.17, 15) is 14.9 Å². The van der Waals surface area contributed by atoms with Gasteiger partial charge in [-0.05, 0) is 31.0 Å². The smallest absolute Gasteiger partial charge is 0.323 e. The zero-order valence-corrected chi connectivity index (χ0v) is 11.2. The van der Waals surface area contributed by atoms with Gasteiger partial charge >= 0.3 is 5.97 Å². The summed E-state index contributed by atoms with van der Waals surface area (Å²) in [5, 5.41) is 10.8. The van der Waals surface area contributed by atoms with Gasteiger partial charge in [0.25, 0.3) is 5.69 Å². The molecule has 0 amide bonds. The third-order valence-corrected chi connectivity index (χ3v) is 3.55. The van der Waals surface area contributed by atoms with Crippen LogP contribution in [0, 0.1) is 10.1 Å². The fourth-order valence-corrected chi connectivity index (χ4v) is 2.48. The summed E-state index contributed by atoms with van der Waals surface area (Å²) in [5.74, 6) is -0.272. The fourth-order valence-electron chi connectivity index (χ4n) is 2.48. The molecule has 1 heterocycles. The van der Waals surface area contributed by atoms with E-state index in [0.717, 1.165) is 19.4 Å². The molecule has 1 saturated heterocycles. The van der Waals surface area contributed by atoms with Crippen LogP contribution in [0.25, 0.3) is 0 Å². The molecule has 2 rings (SSSR count). The van der Waals surface area contributed by atoms with Crippen molar-refractivity contribution < 1.29 is 14.5 Å². The number of esters is 1. The van der Waals surface area contributed by atoms with Gasteiger partial charge in [0, 0.05) is 24.4 Å². The van der Waals surface area contributed by atoms with Gasteiger partial charge < -0.3 is 10.5 Å². The van der Waals surface area contributed by atoms with E-state index >= 15 is 0 Å². The van der Waals surface area contributed by atoms with Crippen LogP contribution in [-0.4, -0.2) is 35.5 Å². The van der Waals surface area contributed by atoms with Crippen LogP contribution >= 0.6 is 0 Å². The first-order valence-corrected chi connectivity index (χ1v) is 6.37. The van der Waals surface area contributed by atoms with Crippen LogP contribution in [0.4, 0.5) is 11.4 Å². The van der Waals surface area contributed by atoms with Crippen LogP contribution in [0.15, 0.2) is 18.2 Å². The Labute approximate surface area is 116 Å². The summed E-state index contributed by atoms with van der Waals surface area (Å²) in [6, 6.07) is 4.07. The maximum absolute atomic E-state index is 11.7. The van der Waals surface area contributed by atoms with E-state index in [-0.39, 0.29) is 17.7 Å². The van der Waals surface area contributed by atoms with E-state index < -0.39 is 4.92 Å². The van der Waals surface area contributed by atoms with Gasteiger partial charge in [0.15, 0.2) is 0 Å². The van der Waals surface area contributed by atoms with Crippen LogP contribution < -0.4 is 5.73 Å². The molecule has 0 spiro atoms. The van der Waals surface area contributed by atoms with Gasteiger partial charge in [0.2, 0.25) is 0 Å². The highest BCUT2D eigenvalue weighted by Crippen LogP contribution is 2.25. The van der Waals surface area contributed by atoms with Crippen molar-refractivity contribution in [1.29, 1.82) is 0 Å². The van der Waals surface area contributed by atoms with E-state index in [0.29, 0.717) is 17.8 Å². The van der Waals surface area contributed by atoms with Crippen molar-refractivity contribution in [1.82, 2.24) is 4.90 Å². The molecule has 0 aliphatic carbocycles. The van der Waals surface area contributed by atoms with Crippen LogP contribution in [0.1, 0.15) is 18.4 Å². The number of non-ortho nitro benzene ring substituents is 1. The third kappa shape index (κ3) is 2.88. The number of hydrogen-bond donors (Lipinski definition) is 1. The van der Waals surface area contributed by atoms with Crippen molar-refractivity contribution in [2.24, 2.45) is 0 Å². The van der Waals surface area contributed by atoms with Crippen molar-refractivity contribution in [3.63, 3.8) is 0 Å². The van der Waals surface area contributed by atoms with Crippen LogP contribution in [-0.2, 0) is 16.1 Å². The number of anilines is 1. The highest BCUT2D eigenvalue weighted by Gasteiger charge is 2.31. The Kier molecular flexibility index (Phi) is 4.19. The standard InChI is InChI=1S/C13H17N3O4/c1-20-13(17)12-3-2-6-15(12)8-9-7-10(16(18)19)4-5-11(9)14/h4-5,7,12H,2-3,6,8,14H2,1H3. The zero-order valence-electron chi connectivity index (χ0n) is 11.2. The number of methoxy groups -OCH3 is 1. The summed E-state index contributed by atoms with van der Waals surface area (Å²) in [4.78, 5) is 24.0. The molecule has 0 saturated carbocycles. The molecule has 1 fully saturated rings. The van der Waals surface area contributed by atoms with E-state index in [4.69, 9.17) is 10.5 Å². The van der Waals surface area contributed by atoms with Gasteiger partial charge in [-0.1, -0.05) is 0 Å². The number of carbonyl (C=O) groups excluding carboxylic acids is 1. The summed E-state index contributed by atoms with van der Waals surface area (Å²) in [6.07, 6.45) is 1.64. The molecule has 0 bridgehead atoms. The first kappa shape index (κ1) is 14.3. The van der Waals surface area contributed by atoms with Crippen molar-refractivity contribution in [2.45, 2.75) is 25.4 Å². The minimum Gasteiger partial charge on any atom is -0.468 e. The molecule has 7 nitrogen and oxygen atoms in total. The average molecular weight is 279 g/mol. The van der Waals surface area contributed by atoms with Gasteiger partial charge in [-0.25, -0.2) is 0 Å². The molecule has 0 aromatic heterocycles. The van der Waals surface area contributed by atoms with Gasteiger partial charge in [0.05, 0.1) is 12.0 Å². The van der Waals surface area contributed by atoms with Crippen molar-refractivity contribution >= 4 is 17.3 Å². The average Bonchev–Trinajstić information content (AvgIpc) is 2.88. The number of benzene rings is 1. The lowest BCUT2D eigenvalue weighted by molar-refractivity contribution is -0.384. The third-order valence-electron chi connectivity index (χ3n) is 3.55. The normalized spacial score (nSPS) is 18.9. The topological polar surface area (TPSA) is 98.7 Å². The number of ether oxygens (including phenoxy) is 1. The summed E-state index contributed by atoms with van der Waals surface area (Å²) in [6.45, 7) is 1.16. The molecule has 1 unspecified atom stereocenters. The van der Waals surface area contributed by atoms with Crippen molar-refractivity contribution in [2.75, 3.05) is 19.4 Å². The minimum atomic E-state index is -0.454. The molecule has 1 aromatic carbocycles. The summed E-state index contributed by atoms with van der Waals surface area (Å²) in [5.41, 5.74) is 7.01. The Morgan fingerprint density at radius 3 is 3.00 bits per heavy atom. The number of nitrogen functional groups attached to an aromatic ring is 1. The molecule has 20 heavy (non-hydrogen) atoms. The predicted molar refractivity (Wildman–Crippen MR) is 73.0 cm³/mol. The van der Waals surface area contributed by atoms with E-state index in [1.165, 1.54) is 25.3 Å². The zero-order chi connectivity index (χ0) is 14.7. The molecule has 1 aliphatic heterocycles. The lowest BCUT2D eigenvalue weighted by atomic mass is 10.1. The Hall–Kier alpha value is -2.15. The number of hydrogen-bond acceptors (Lipinski definition) is 6. The monoisotopic (exact) mass is 279 g/mol. The summed E-state index contributed by atoms with van der Waals surface area (Å²) < 4.78 is 4.77. The van der Waals surface area contributed by atoms with Gasteiger partial charge in [-0.3, -0.25) is 19.8 Å². The molecule has 1 atom stereocenters. The Morgan fingerprint density at radius 1 is 1.60 bits per heavy atom. The van der Waals surface area contributed by atoms with Crippen molar-refractivity contribution in [3.05, 3.63) is 33.9 Å². The fraction of sp³-hybridized carbons (Fsp3) is 0.462. The van der Waals surface area contributed by atoms with Crippen LogP contribution in [0.3, 0.4) is 0 Å². The molecule has 1 aromatic rings. The molecule has 108 valence electrons. The van der Waals surface area contributed by atoms with Crippen molar-refractivity contribution in [3.8, 4) is 0 Å². The molecule has 7 heteroatoms. The summed E-state index contributed by atoms with van der Waals surface area (Å²) in [7, 11) is 1.36. The second kappa shape index (κ2) is 5.87.